The van der Waals surface area contributed by atoms with Crippen LogP contribution >= 0.6 is 0 Å². The number of carbonyl (C=O) groups excluding carboxylic acids is 1. The van der Waals surface area contributed by atoms with Crippen molar-refractivity contribution in [3.63, 3.8) is 0 Å². The van der Waals surface area contributed by atoms with Gasteiger partial charge in [-0.3, -0.25) is 9.36 Å². The number of imidazole rings is 1. The van der Waals surface area contributed by atoms with E-state index >= 15 is 0 Å². The van der Waals surface area contributed by atoms with Crippen molar-refractivity contribution in [2.24, 2.45) is 11.8 Å². The van der Waals surface area contributed by atoms with Crippen LogP contribution in [0.1, 0.15) is 50.3 Å². The molecule has 1 amide bonds. The van der Waals surface area contributed by atoms with Crippen LogP contribution in [0.2, 0.25) is 0 Å². The molecule has 0 fully saturated rings. The fourth-order valence-corrected chi connectivity index (χ4v) is 5.06. The molecular weight excluding hydrogens is 376 g/mol. The molecule has 0 atom stereocenters. The number of rotatable bonds is 6. The van der Waals surface area contributed by atoms with E-state index in [-0.39, 0.29) is 29.0 Å². The zero-order valence-corrected chi connectivity index (χ0v) is 17.7. The first kappa shape index (κ1) is 20.5. The maximum atomic E-state index is 13.2. The Balaban J connectivity index is 2.05. The number of hydrogen-bond acceptors (Lipinski definition) is 4. The molecular formula is C20H28N4O3S. The van der Waals surface area contributed by atoms with Gasteiger partial charge in [-0.2, -0.15) is 4.31 Å². The van der Waals surface area contributed by atoms with Crippen molar-refractivity contribution in [3.05, 3.63) is 42.0 Å². The summed E-state index contributed by atoms with van der Waals surface area (Å²) < 4.78 is 29.7. The van der Waals surface area contributed by atoms with Crippen molar-refractivity contribution in [3.8, 4) is 5.69 Å². The maximum Gasteiger partial charge on any atom is 0.271 e. The molecule has 1 aliphatic rings. The highest BCUT2D eigenvalue weighted by Crippen LogP contribution is 2.31. The van der Waals surface area contributed by atoms with E-state index in [1.807, 2.05) is 13.8 Å². The minimum Gasteiger partial charge on any atom is -0.351 e. The number of nitrogens with one attached hydrogen (secondary N) is 1. The third-order valence-corrected chi connectivity index (χ3v) is 6.59. The Morgan fingerprint density at radius 1 is 1.18 bits per heavy atom. The number of aromatic nitrogens is 2. The molecule has 8 heteroatoms. The lowest BCUT2D eigenvalue weighted by Crippen LogP contribution is -2.34. The van der Waals surface area contributed by atoms with Gasteiger partial charge >= 0.3 is 0 Å². The lowest BCUT2D eigenvalue weighted by molar-refractivity contribution is 0.0945. The van der Waals surface area contributed by atoms with Crippen LogP contribution in [0.4, 0.5) is 0 Å². The van der Waals surface area contributed by atoms with Gasteiger partial charge in [-0.15, -0.1) is 0 Å². The summed E-state index contributed by atoms with van der Waals surface area (Å²) in [6, 6.07) is 6.86. The van der Waals surface area contributed by atoms with Crippen LogP contribution < -0.4 is 5.32 Å². The molecule has 1 N–H and O–H groups in total. The van der Waals surface area contributed by atoms with E-state index in [0.29, 0.717) is 30.4 Å². The smallest absolute Gasteiger partial charge is 0.271 e. The number of hydrogen-bond donors (Lipinski definition) is 1. The molecule has 0 saturated carbocycles. The number of para-hydroxylation sites is 1. The van der Waals surface area contributed by atoms with Gasteiger partial charge in [-0.1, -0.05) is 39.8 Å². The topological polar surface area (TPSA) is 84.3 Å². The highest BCUT2D eigenvalue weighted by molar-refractivity contribution is 7.89. The third kappa shape index (κ3) is 3.98. The van der Waals surface area contributed by atoms with Gasteiger partial charge in [-0.05, 0) is 30.4 Å². The average Bonchev–Trinajstić information content (AvgIpc) is 3.00. The monoisotopic (exact) mass is 404 g/mol. The van der Waals surface area contributed by atoms with Crippen molar-refractivity contribution in [1.82, 2.24) is 19.2 Å². The summed E-state index contributed by atoms with van der Waals surface area (Å²) in [5, 5.41) is 2.90. The molecule has 152 valence electrons. The van der Waals surface area contributed by atoms with Gasteiger partial charge in [0.05, 0.1) is 17.9 Å². The van der Waals surface area contributed by atoms with Gasteiger partial charge in [0.15, 0.2) is 5.69 Å². The fraction of sp³-hybridized carbons (Fsp3) is 0.500. The van der Waals surface area contributed by atoms with Crippen LogP contribution in [0.25, 0.3) is 5.69 Å². The van der Waals surface area contributed by atoms with Crippen LogP contribution in [-0.4, -0.2) is 41.3 Å². The maximum absolute atomic E-state index is 13.2. The number of nitrogens with zero attached hydrogens (tertiary/aromatic N) is 3. The first-order valence-electron chi connectivity index (χ1n) is 9.65. The number of benzene rings is 1. The van der Waals surface area contributed by atoms with Crippen molar-refractivity contribution in [2.75, 3.05) is 13.1 Å². The summed E-state index contributed by atoms with van der Waals surface area (Å²) in [5.41, 5.74) is 1.40. The summed E-state index contributed by atoms with van der Waals surface area (Å²) in [7, 11) is -3.67. The standard InChI is InChI=1S/C20H28N4O3S/c1-14(2)9-10-21-20(25)19-17-12-23(11-15(3)4)28(26,27)18-8-6-5-7-16(18)24(17)13-22-19/h5-8,13-15H,9-12H2,1-4H3,(H,21,25). The molecule has 1 aromatic carbocycles. The first-order valence-corrected chi connectivity index (χ1v) is 11.1. The lowest BCUT2D eigenvalue weighted by atomic mass is 10.1. The Hall–Kier alpha value is -2.19. The number of fused-ring (bicyclic) bond motifs is 3. The molecule has 0 radical (unpaired) electrons. The van der Waals surface area contributed by atoms with Crippen molar-refractivity contribution in [1.29, 1.82) is 0 Å². The van der Waals surface area contributed by atoms with E-state index in [9.17, 15) is 13.2 Å². The molecule has 2 heterocycles. The molecule has 0 unspecified atom stereocenters. The molecule has 2 aromatic rings. The fourth-order valence-electron chi connectivity index (χ4n) is 3.32. The second-order valence-corrected chi connectivity index (χ2v) is 9.91. The Bertz CT molecular complexity index is 964. The summed E-state index contributed by atoms with van der Waals surface area (Å²) in [6.07, 6.45) is 2.42. The van der Waals surface area contributed by atoms with Gasteiger partial charge in [-0.25, -0.2) is 13.4 Å². The van der Waals surface area contributed by atoms with E-state index in [4.69, 9.17) is 0 Å². The van der Waals surface area contributed by atoms with Gasteiger partial charge in [0.25, 0.3) is 5.91 Å². The molecule has 3 rings (SSSR count). The zero-order valence-electron chi connectivity index (χ0n) is 16.8. The molecule has 7 nitrogen and oxygen atoms in total. The van der Waals surface area contributed by atoms with Gasteiger partial charge < -0.3 is 5.32 Å². The predicted molar refractivity (Wildman–Crippen MR) is 108 cm³/mol. The summed E-state index contributed by atoms with van der Waals surface area (Å²) >= 11 is 0. The van der Waals surface area contributed by atoms with E-state index < -0.39 is 10.0 Å². The molecule has 28 heavy (non-hydrogen) atoms. The van der Waals surface area contributed by atoms with Gasteiger partial charge in [0, 0.05) is 13.1 Å². The molecule has 0 bridgehead atoms. The second-order valence-electron chi connectivity index (χ2n) is 8.01. The van der Waals surface area contributed by atoms with E-state index in [1.54, 1.807) is 35.2 Å². The Morgan fingerprint density at radius 2 is 1.89 bits per heavy atom. The SMILES string of the molecule is CC(C)CCNC(=O)c1ncn2c1CN(CC(C)C)S(=O)(=O)c1ccccc1-2. The minimum absolute atomic E-state index is 0.113. The van der Waals surface area contributed by atoms with Crippen molar-refractivity contribution in [2.45, 2.75) is 45.6 Å². The minimum atomic E-state index is -3.67. The van der Waals surface area contributed by atoms with Crippen LogP contribution in [0.3, 0.4) is 0 Å². The van der Waals surface area contributed by atoms with Crippen LogP contribution in [-0.2, 0) is 16.6 Å². The normalized spacial score (nSPS) is 15.9. The second kappa shape index (κ2) is 8.05. The number of carbonyl (C=O) groups is 1. The Kier molecular flexibility index (Phi) is 5.90. The first-order chi connectivity index (χ1) is 13.2. The Labute approximate surface area is 166 Å². The highest BCUT2D eigenvalue weighted by atomic mass is 32.2. The van der Waals surface area contributed by atoms with Crippen molar-refractivity contribution >= 4 is 15.9 Å². The highest BCUT2D eigenvalue weighted by Gasteiger charge is 2.34. The molecule has 1 aliphatic heterocycles. The van der Waals surface area contributed by atoms with Gasteiger partial charge in [0.2, 0.25) is 10.0 Å². The third-order valence-electron chi connectivity index (χ3n) is 4.73. The van der Waals surface area contributed by atoms with E-state index in [1.165, 1.54) is 4.31 Å². The average molecular weight is 405 g/mol. The summed E-state index contributed by atoms with van der Waals surface area (Å²) in [6.45, 7) is 9.19. The van der Waals surface area contributed by atoms with E-state index in [2.05, 4.69) is 24.1 Å². The number of sulfonamides is 1. The van der Waals surface area contributed by atoms with E-state index in [0.717, 1.165) is 6.42 Å². The predicted octanol–water partition coefficient (Wildman–Crippen LogP) is 2.81. The molecule has 0 spiro atoms. The summed E-state index contributed by atoms with van der Waals surface area (Å²) in [5.74, 6) is 0.369. The quantitative estimate of drug-likeness (QED) is 0.802. The van der Waals surface area contributed by atoms with Crippen molar-refractivity contribution < 1.29 is 13.2 Å². The lowest BCUT2D eigenvalue weighted by Gasteiger charge is -2.22. The zero-order chi connectivity index (χ0) is 20.5. The molecule has 1 aromatic heterocycles. The largest absolute Gasteiger partial charge is 0.351 e. The van der Waals surface area contributed by atoms with Crippen LogP contribution in [0.15, 0.2) is 35.5 Å². The van der Waals surface area contributed by atoms with Crippen LogP contribution in [0, 0.1) is 11.8 Å². The Morgan fingerprint density at radius 3 is 2.57 bits per heavy atom. The van der Waals surface area contributed by atoms with Crippen LogP contribution in [0.5, 0.6) is 0 Å². The number of amides is 1. The molecule has 0 saturated heterocycles. The molecule has 0 aliphatic carbocycles. The summed E-state index contributed by atoms with van der Waals surface area (Å²) in [4.78, 5) is 17.3. The van der Waals surface area contributed by atoms with Gasteiger partial charge in [0.1, 0.15) is 11.2 Å².